The topological polar surface area (TPSA) is 71.8 Å². The van der Waals surface area contributed by atoms with Gasteiger partial charge in [0.1, 0.15) is 18.0 Å². The molecule has 28 heavy (non-hydrogen) atoms. The Bertz CT molecular complexity index is 914. The SMILES string of the molecule is Cc1cc(N2CCC(N[C@@H](C)c3ncnn3C)CC2)nc(-c2ccccc2)n1. The van der Waals surface area contributed by atoms with Gasteiger partial charge in [-0.3, -0.25) is 4.68 Å². The fourth-order valence-corrected chi connectivity index (χ4v) is 3.83. The second-order valence-corrected chi connectivity index (χ2v) is 7.45. The summed E-state index contributed by atoms with van der Waals surface area (Å²) in [6.07, 6.45) is 3.76. The molecule has 1 atom stereocenters. The first-order valence-electron chi connectivity index (χ1n) is 9.86. The number of nitrogens with zero attached hydrogens (tertiary/aromatic N) is 6. The monoisotopic (exact) mass is 377 g/mol. The number of anilines is 1. The predicted molar refractivity (Wildman–Crippen MR) is 110 cm³/mol. The number of benzene rings is 1. The van der Waals surface area contributed by atoms with Crippen LogP contribution in [0, 0.1) is 6.92 Å². The summed E-state index contributed by atoms with van der Waals surface area (Å²) in [7, 11) is 1.94. The van der Waals surface area contributed by atoms with Crippen molar-refractivity contribution in [2.75, 3.05) is 18.0 Å². The van der Waals surface area contributed by atoms with Gasteiger partial charge >= 0.3 is 0 Å². The number of rotatable bonds is 5. The van der Waals surface area contributed by atoms with E-state index in [-0.39, 0.29) is 6.04 Å². The quantitative estimate of drug-likeness (QED) is 0.737. The molecule has 0 radical (unpaired) electrons. The van der Waals surface area contributed by atoms with E-state index in [2.05, 4.69) is 50.4 Å². The van der Waals surface area contributed by atoms with Crippen LogP contribution < -0.4 is 10.2 Å². The van der Waals surface area contributed by atoms with Crippen LogP contribution in [0.15, 0.2) is 42.7 Å². The summed E-state index contributed by atoms with van der Waals surface area (Å²) >= 11 is 0. The third kappa shape index (κ3) is 4.04. The average Bonchev–Trinajstić information content (AvgIpc) is 3.15. The van der Waals surface area contributed by atoms with Crippen LogP contribution >= 0.6 is 0 Å². The van der Waals surface area contributed by atoms with E-state index < -0.39 is 0 Å². The van der Waals surface area contributed by atoms with Crippen molar-refractivity contribution in [2.45, 2.75) is 38.8 Å². The van der Waals surface area contributed by atoms with E-state index in [1.54, 1.807) is 6.33 Å². The molecule has 0 amide bonds. The minimum Gasteiger partial charge on any atom is -0.356 e. The van der Waals surface area contributed by atoms with Crippen molar-refractivity contribution in [1.29, 1.82) is 0 Å². The normalized spacial score (nSPS) is 16.3. The zero-order chi connectivity index (χ0) is 19.5. The maximum absolute atomic E-state index is 4.84. The average molecular weight is 377 g/mol. The van der Waals surface area contributed by atoms with Gasteiger partial charge in [0.15, 0.2) is 5.82 Å². The molecule has 0 saturated carbocycles. The zero-order valence-corrected chi connectivity index (χ0v) is 16.7. The largest absolute Gasteiger partial charge is 0.356 e. The Kier molecular flexibility index (Phi) is 5.34. The van der Waals surface area contributed by atoms with E-state index in [0.29, 0.717) is 6.04 Å². The molecule has 1 aromatic carbocycles. The molecule has 3 heterocycles. The molecule has 1 aliphatic rings. The molecule has 4 rings (SSSR count). The summed E-state index contributed by atoms with van der Waals surface area (Å²) < 4.78 is 1.83. The van der Waals surface area contributed by atoms with E-state index in [4.69, 9.17) is 4.98 Å². The standard InChI is InChI=1S/C21H27N7/c1-15-13-19(26-20(24-15)17-7-5-4-6-8-17)28-11-9-18(10-12-28)25-16(2)21-22-14-23-27(21)3/h4-8,13-14,16,18,25H,9-12H2,1-3H3/t16-/m0/s1. The lowest BCUT2D eigenvalue weighted by molar-refractivity contribution is 0.368. The fourth-order valence-electron chi connectivity index (χ4n) is 3.83. The van der Waals surface area contributed by atoms with Crippen molar-refractivity contribution in [3.63, 3.8) is 0 Å². The molecular formula is C21H27N7. The second-order valence-electron chi connectivity index (χ2n) is 7.45. The van der Waals surface area contributed by atoms with Crippen molar-refractivity contribution in [3.8, 4) is 11.4 Å². The van der Waals surface area contributed by atoms with Crippen molar-refractivity contribution in [2.24, 2.45) is 7.05 Å². The van der Waals surface area contributed by atoms with Gasteiger partial charge in [-0.25, -0.2) is 15.0 Å². The van der Waals surface area contributed by atoms with Gasteiger partial charge in [-0.2, -0.15) is 5.10 Å². The Morgan fingerprint density at radius 2 is 1.86 bits per heavy atom. The molecule has 7 heteroatoms. The summed E-state index contributed by atoms with van der Waals surface area (Å²) in [4.78, 5) is 16.2. The number of nitrogens with one attached hydrogen (secondary N) is 1. The Balaban J connectivity index is 1.41. The van der Waals surface area contributed by atoms with E-state index in [0.717, 1.165) is 54.7 Å². The Hall–Kier alpha value is -2.80. The first-order valence-corrected chi connectivity index (χ1v) is 9.86. The highest BCUT2D eigenvalue weighted by Gasteiger charge is 2.23. The highest BCUT2D eigenvalue weighted by Crippen LogP contribution is 2.23. The van der Waals surface area contributed by atoms with Gasteiger partial charge < -0.3 is 10.2 Å². The molecule has 1 aliphatic heterocycles. The maximum atomic E-state index is 4.84. The molecule has 7 nitrogen and oxygen atoms in total. The molecule has 0 aliphatic carbocycles. The molecular weight excluding hydrogens is 350 g/mol. The van der Waals surface area contributed by atoms with E-state index in [1.165, 1.54) is 0 Å². The van der Waals surface area contributed by atoms with Gasteiger partial charge in [0, 0.05) is 43.5 Å². The molecule has 1 N–H and O–H groups in total. The summed E-state index contributed by atoms with van der Waals surface area (Å²) in [6.45, 7) is 6.15. The molecule has 0 bridgehead atoms. The van der Waals surface area contributed by atoms with Crippen molar-refractivity contribution in [3.05, 3.63) is 54.2 Å². The number of hydrogen-bond acceptors (Lipinski definition) is 6. The molecule has 146 valence electrons. The Morgan fingerprint density at radius 1 is 1.11 bits per heavy atom. The lowest BCUT2D eigenvalue weighted by Crippen LogP contribution is -2.44. The minimum atomic E-state index is 0.190. The number of hydrogen-bond donors (Lipinski definition) is 1. The highest BCUT2D eigenvalue weighted by atomic mass is 15.3. The van der Waals surface area contributed by atoms with Crippen LogP contribution in [0.5, 0.6) is 0 Å². The summed E-state index contributed by atoms with van der Waals surface area (Å²) in [6, 6.07) is 12.9. The smallest absolute Gasteiger partial charge is 0.161 e. The lowest BCUT2D eigenvalue weighted by atomic mass is 10.0. The van der Waals surface area contributed by atoms with Crippen LogP contribution in [-0.2, 0) is 7.05 Å². The molecule has 1 fully saturated rings. The zero-order valence-electron chi connectivity index (χ0n) is 16.7. The first-order chi connectivity index (χ1) is 13.6. The van der Waals surface area contributed by atoms with Gasteiger partial charge in [-0.15, -0.1) is 0 Å². The fraction of sp³-hybridized carbons (Fsp3) is 0.429. The Morgan fingerprint density at radius 3 is 2.54 bits per heavy atom. The van der Waals surface area contributed by atoms with E-state index in [9.17, 15) is 0 Å². The van der Waals surface area contributed by atoms with Gasteiger partial charge in [-0.1, -0.05) is 30.3 Å². The van der Waals surface area contributed by atoms with Gasteiger partial charge in [-0.05, 0) is 26.7 Å². The lowest BCUT2D eigenvalue weighted by Gasteiger charge is -2.34. The van der Waals surface area contributed by atoms with E-state index in [1.807, 2.05) is 36.9 Å². The highest BCUT2D eigenvalue weighted by molar-refractivity contribution is 5.57. The second kappa shape index (κ2) is 8.06. The molecule has 0 unspecified atom stereocenters. The molecule has 0 spiro atoms. The van der Waals surface area contributed by atoms with Crippen molar-refractivity contribution < 1.29 is 0 Å². The first kappa shape index (κ1) is 18.6. The van der Waals surface area contributed by atoms with Gasteiger partial charge in [0.2, 0.25) is 0 Å². The van der Waals surface area contributed by atoms with Crippen LogP contribution in [-0.4, -0.2) is 43.9 Å². The van der Waals surface area contributed by atoms with Crippen LogP contribution in [0.1, 0.15) is 37.3 Å². The van der Waals surface area contributed by atoms with Crippen LogP contribution in [0.25, 0.3) is 11.4 Å². The summed E-state index contributed by atoms with van der Waals surface area (Å²) in [5, 5.41) is 7.87. The van der Waals surface area contributed by atoms with Crippen LogP contribution in [0.3, 0.4) is 0 Å². The third-order valence-electron chi connectivity index (χ3n) is 5.31. The minimum absolute atomic E-state index is 0.190. The number of aromatic nitrogens is 5. The van der Waals surface area contributed by atoms with Gasteiger partial charge in [0.05, 0.1) is 6.04 Å². The van der Waals surface area contributed by atoms with Crippen molar-refractivity contribution in [1.82, 2.24) is 30.0 Å². The Labute approximate surface area is 165 Å². The number of aryl methyl sites for hydroxylation is 2. The van der Waals surface area contributed by atoms with Crippen molar-refractivity contribution >= 4 is 5.82 Å². The van der Waals surface area contributed by atoms with Gasteiger partial charge in [0.25, 0.3) is 0 Å². The van der Waals surface area contributed by atoms with Crippen LogP contribution in [0.2, 0.25) is 0 Å². The summed E-state index contributed by atoms with van der Waals surface area (Å²) in [5.74, 6) is 2.79. The molecule has 2 aromatic heterocycles. The number of piperidine rings is 1. The van der Waals surface area contributed by atoms with E-state index >= 15 is 0 Å². The maximum Gasteiger partial charge on any atom is 0.161 e. The summed E-state index contributed by atoms with van der Waals surface area (Å²) in [5.41, 5.74) is 2.06. The predicted octanol–water partition coefficient (Wildman–Crippen LogP) is 2.90. The van der Waals surface area contributed by atoms with Crippen LogP contribution in [0.4, 0.5) is 5.82 Å². The molecule has 1 saturated heterocycles. The molecule has 3 aromatic rings. The third-order valence-corrected chi connectivity index (χ3v) is 5.31.